The number of aryl methyl sites for hydroxylation is 1. The number of nitrogens with one attached hydrogen (secondary N) is 1. The molecule has 0 saturated carbocycles. The summed E-state index contributed by atoms with van der Waals surface area (Å²) in [7, 11) is 1.66. The lowest BCUT2D eigenvalue weighted by atomic mass is 10.4. The molecule has 1 aromatic rings. The number of carbonyl (C=O) groups is 1. The van der Waals surface area contributed by atoms with Gasteiger partial charge >= 0.3 is 5.17 Å². The van der Waals surface area contributed by atoms with E-state index < -0.39 is 5.97 Å². The minimum atomic E-state index is -1.14. The zero-order valence-corrected chi connectivity index (χ0v) is 9.21. The third-order valence-electron chi connectivity index (χ3n) is 1.81. The van der Waals surface area contributed by atoms with Gasteiger partial charge in [-0.1, -0.05) is 0 Å². The normalized spacial score (nSPS) is 14.1. The van der Waals surface area contributed by atoms with Crippen molar-refractivity contribution in [1.82, 2.24) is 4.57 Å². The number of aromatic carboxylic acids is 1. The molecule has 2 heterocycles. The molecule has 0 aliphatic carbocycles. The summed E-state index contributed by atoms with van der Waals surface area (Å²) in [5.74, 6) is -0.00579. The smallest absolute Gasteiger partial charge is 0.302 e. The Morgan fingerprint density at radius 3 is 2.67 bits per heavy atom. The maximum atomic E-state index is 10.2. The van der Waals surface area contributed by atoms with Crippen LogP contribution < -0.4 is 15.8 Å². The van der Waals surface area contributed by atoms with Crippen LogP contribution in [0.1, 0.15) is 10.5 Å². The Morgan fingerprint density at radius 1 is 1.73 bits per heavy atom. The van der Waals surface area contributed by atoms with Crippen molar-refractivity contribution in [1.29, 1.82) is 0 Å². The molecule has 0 unspecified atom stereocenters. The van der Waals surface area contributed by atoms with Gasteiger partial charge < -0.3 is 14.5 Å². The number of rotatable bonds is 1. The summed E-state index contributed by atoms with van der Waals surface area (Å²) in [4.78, 5) is 13.1. The number of carboxylic acid groups (broad SMARTS) is 1. The number of nitrogens with two attached hydrogens (primary N) is 1. The number of hydrogen-bond donors (Lipinski definition) is 2. The second-order valence-corrected chi connectivity index (χ2v) is 4.07. The van der Waals surface area contributed by atoms with E-state index in [9.17, 15) is 9.90 Å². The van der Waals surface area contributed by atoms with Gasteiger partial charge in [0, 0.05) is 19.0 Å². The fraction of sp³-hybridized carbons (Fsp3) is 0.333. The van der Waals surface area contributed by atoms with Crippen LogP contribution in [-0.2, 0) is 7.05 Å². The highest BCUT2D eigenvalue weighted by Gasteiger charge is 2.04. The SMILES string of the molecule is Cn1cccc1C(=O)[O-].NC1=[NH+]CCS1. The van der Waals surface area contributed by atoms with E-state index in [0.717, 1.165) is 17.5 Å². The van der Waals surface area contributed by atoms with E-state index in [0.29, 0.717) is 0 Å². The molecule has 1 aromatic heterocycles. The van der Waals surface area contributed by atoms with Crippen LogP contribution in [0.5, 0.6) is 0 Å². The van der Waals surface area contributed by atoms with Crippen molar-refractivity contribution in [3.8, 4) is 0 Å². The van der Waals surface area contributed by atoms with Gasteiger partial charge in [0.15, 0.2) is 0 Å². The molecule has 6 heteroatoms. The van der Waals surface area contributed by atoms with Crippen molar-refractivity contribution in [2.24, 2.45) is 12.8 Å². The number of hydrogen-bond acceptors (Lipinski definition) is 4. The standard InChI is InChI=1S/C6H7NO2.C3H6N2S/c1-7-4-2-3-5(7)6(8)9;4-3-5-1-2-6-3/h2-4H,1H3,(H,8,9);1-2H2,(H2,4,5). The van der Waals surface area contributed by atoms with Gasteiger partial charge in [-0.2, -0.15) is 0 Å². The number of carboxylic acids is 1. The summed E-state index contributed by atoms with van der Waals surface area (Å²) in [5, 5.41) is 11.0. The predicted octanol–water partition coefficient (Wildman–Crippen LogP) is -2.48. The number of thioether (sulfide) groups is 1. The van der Waals surface area contributed by atoms with Crippen LogP contribution in [0.2, 0.25) is 0 Å². The lowest BCUT2D eigenvalue weighted by Gasteiger charge is -2.01. The summed E-state index contributed by atoms with van der Waals surface area (Å²) in [5.41, 5.74) is 5.51. The Bertz CT molecular complexity index is 373. The summed E-state index contributed by atoms with van der Waals surface area (Å²) in [6, 6.07) is 3.15. The van der Waals surface area contributed by atoms with Gasteiger partial charge in [0.25, 0.3) is 0 Å². The monoisotopic (exact) mass is 227 g/mol. The van der Waals surface area contributed by atoms with E-state index in [1.54, 1.807) is 31.1 Å². The van der Waals surface area contributed by atoms with E-state index in [1.165, 1.54) is 10.6 Å². The fourth-order valence-electron chi connectivity index (χ4n) is 1.06. The molecule has 0 saturated heterocycles. The highest BCUT2D eigenvalue weighted by atomic mass is 32.2. The minimum absolute atomic E-state index is 0.204. The maximum absolute atomic E-state index is 10.2. The van der Waals surface area contributed by atoms with Crippen molar-refractivity contribution < 1.29 is 14.9 Å². The topological polar surface area (TPSA) is 85.0 Å². The van der Waals surface area contributed by atoms with Crippen molar-refractivity contribution in [3.63, 3.8) is 0 Å². The molecule has 0 amide bonds. The quantitative estimate of drug-likeness (QED) is 0.556. The van der Waals surface area contributed by atoms with Crippen LogP contribution in [0.15, 0.2) is 18.3 Å². The highest BCUT2D eigenvalue weighted by molar-refractivity contribution is 8.13. The molecule has 0 spiro atoms. The Morgan fingerprint density at radius 2 is 2.47 bits per heavy atom. The van der Waals surface area contributed by atoms with E-state index in [2.05, 4.69) is 4.99 Å². The predicted molar refractivity (Wildman–Crippen MR) is 57.2 cm³/mol. The lowest BCUT2D eigenvalue weighted by molar-refractivity contribution is -0.445. The first-order valence-electron chi connectivity index (χ1n) is 4.43. The number of amidine groups is 1. The Hall–Kier alpha value is -1.43. The molecule has 2 rings (SSSR count). The van der Waals surface area contributed by atoms with Gasteiger partial charge in [-0.15, -0.1) is 0 Å². The molecule has 0 aromatic carbocycles. The number of nitrogens with zero attached hydrogens (tertiary/aromatic N) is 1. The molecule has 0 bridgehead atoms. The van der Waals surface area contributed by atoms with Crippen LogP contribution in [0, 0.1) is 0 Å². The Balaban J connectivity index is 0.000000162. The van der Waals surface area contributed by atoms with Crippen LogP contribution in [0.25, 0.3) is 0 Å². The first-order chi connectivity index (χ1) is 7.11. The number of carbonyl (C=O) groups excluding carboxylic acids is 1. The van der Waals surface area contributed by atoms with Crippen LogP contribution in [0.4, 0.5) is 0 Å². The number of aromatic nitrogens is 1. The van der Waals surface area contributed by atoms with E-state index in [-0.39, 0.29) is 5.69 Å². The van der Waals surface area contributed by atoms with Gasteiger partial charge in [-0.3, -0.25) is 10.7 Å². The summed E-state index contributed by atoms with van der Waals surface area (Å²) >= 11 is 1.68. The van der Waals surface area contributed by atoms with Crippen LogP contribution in [0.3, 0.4) is 0 Å². The summed E-state index contributed by atoms with van der Waals surface area (Å²) in [6.07, 6.45) is 1.66. The van der Waals surface area contributed by atoms with Crippen molar-refractivity contribution >= 4 is 22.9 Å². The third kappa shape index (κ3) is 3.67. The molecule has 1 aliphatic heterocycles. The Kier molecular flexibility index (Phi) is 4.23. The molecule has 0 fully saturated rings. The van der Waals surface area contributed by atoms with Gasteiger partial charge in [-0.05, 0) is 23.9 Å². The van der Waals surface area contributed by atoms with Crippen molar-refractivity contribution in [2.45, 2.75) is 0 Å². The van der Waals surface area contributed by atoms with E-state index >= 15 is 0 Å². The van der Waals surface area contributed by atoms with Gasteiger partial charge in [-0.25, -0.2) is 0 Å². The Labute approximate surface area is 92.0 Å². The molecule has 1 aliphatic rings. The molecular formula is C9H13N3O2S. The molecular weight excluding hydrogens is 214 g/mol. The zero-order valence-electron chi connectivity index (χ0n) is 8.40. The lowest BCUT2D eigenvalue weighted by Crippen LogP contribution is -2.71. The summed E-state index contributed by atoms with van der Waals surface area (Å²) in [6.45, 7) is 1.04. The van der Waals surface area contributed by atoms with Gasteiger partial charge in [0.1, 0.15) is 0 Å². The maximum Gasteiger partial charge on any atom is 0.302 e. The second kappa shape index (κ2) is 5.45. The van der Waals surface area contributed by atoms with Crippen molar-refractivity contribution in [2.75, 3.05) is 12.3 Å². The molecule has 0 atom stereocenters. The zero-order chi connectivity index (χ0) is 11.3. The van der Waals surface area contributed by atoms with Crippen LogP contribution in [-0.4, -0.2) is 28.0 Å². The van der Waals surface area contributed by atoms with E-state index in [1.807, 2.05) is 0 Å². The third-order valence-corrected chi connectivity index (χ3v) is 2.68. The molecule has 15 heavy (non-hydrogen) atoms. The molecule has 3 N–H and O–H groups in total. The second-order valence-electron chi connectivity index (χ2n) is 2.93. The fourth-order valence-corrected chi connectivity index (χ4v) is 1.69. The average Bonchev–Trinajstić information content (AvgIpc) is 2.77. The first kappa shape index (κ1) is 11.6. The van der Waals surface area contributed by atoms with Crippen molar-refractivity contribution in [3.05, 3.63) is 24.0 Å². The van der Waals surface area contributed by atoms with Gasteiger partial charge in [0.05, 0.1) is 18.2 Å². The molecule has 0 radical (unpaired) electrons. The minimum Gasteiger partial charge on any atom is -0.543 e. The molecule has 82 valence electrons. The largest absolute Gasteiger partial charge is 0.543 e. The first-order valence-corrected chi connectivity index (χ1v) is 5.41. The van der Waals surface area contributed by atoms with Gasteiger partial charge in [0.2, 0.25) is 0 Å². The van der Waals surface area contributed by atoms with Crippen LogP contribution >= 0.6 is 11.8 Å². The average molecular weight is 227 g/mol. The highest BCUT2D eigenvalue weighted by Crippen LogP contribution is 1.95. The summed E-state index contributed by atoms with van der Waals surface area (Å²) < 4.78 is 1.50. The van der Waals surface area contributed by atoms with E-state index in [4.69, 9.17) is 5.73 Å². The molecule has 5 nitrogen and oxygen atoms in total.